The van der Waals surface area contributed by atoms with Gasteiger partial charge in [-0.25, -0.2) is 0 Å². The normalized spacial score (nSPS) is 39.4. The van der Waals surface area contributed by atoms with Crippen molar-refractivity contribution in [1.82, 2.24) is 0 Å². The molecule has 1 spiro atoms. The first kappa shape index (κ1) is 13.0. The summed E-state index contributed by atoms with van der Waals surface area (Å²) in [6.45, 7) is 5.35. The highest BCUT2D eigenvalue weighted by Crippen LogP contribution is 2.62. The van der Waals surface area contributed by atoms with Gasteiger partial charge in [0.25, 0.3) is 5.91 Å². The Morgan fingerprint density at radius 2 is 1.81 bits per heavy atom. The van der Waals surface area contributed by atoms with Crippen LogP contribution in [0.5, 0.6) is 0 Å². The van der Waals surface area contributed by atoms with Gasteiger partial charge in [-0.05, 0) is 26.8 Å². The van der Waals surface area contributed by atoms with Crippen molar-refractivity contribution in [3.05, 3.63) is 29.8 Å². The molecule has 0 saturated carbocycles. The Hall–Kier alpha value is -1.72. The average Bonchev–Trinajstić information content (AvgIpc) is 2.95. The van der Waals surface area contributed by atoms with Crippen LogP contribution in [0.2, 0.25) is 0 Å². The van der Waals surface area contributed by atoms with Gasteiger partial charge in [0.15, 0.2) is 17.7 Å². The minimum Gasteiger partial charge on any atom is -0.334 e. The monoisotopic (exact) mass is 287 g/mol. The Balaban J connectivity index is 1.96. The molecule has 3 aliphatic rings. The van der Waals surface area contributed by atoms with Gasteiger partial charge in [0.2, 0.25) is 5.60 Å². The van der Waals surface area contributed by atoms with Crippen molar-refractivity contribution in [2.75, 3.05) is 11.9 Å². The van der Waals surface area contributed by atoms with Crippen LogP contribution in [0.3, 0.4) is 0 Å². The SMILES string of the molecule is CN1C(=O)[C@@]2(O[C@@]3(C)O[C@@H]2C(=O)C3(C)C)c2ccccc21. The molecule has 2 bridgehead atoms. The Labute approximate surface area is 122 Å². The summed E-state index contributed by atoms with van der Waals surface area (Å²) in [5.74, 6) is -1.39. The number of Topliss-reactive ketones (excluding diaryl/α,β-unsaturated/α-hetero) is 1. The number of amides is 1. The number of benzene rings is 1. The number of para-hydroxylation sites is 1. The van der Waals surface area contributed by atoms with Crippen LogP contribution in [-0.2, 0) is 24.7 Å². The largest absolute Gasteiger partial charge is 0.334 e. The highest BCUT2D eigenvalue weighted by molar-refractivity contribution is 6.12. The van der Waals surface area contributed by atoms with E-state index in [1.165, 1.54) is 0 Å². The molecule has 21 heavy (non-hydrogen) atoms. The number of nitrogens with zero attached hydrogens (tertiary/aromatic N) is 1. The molecule has 5 heteroatoms. The molecule has 3 atom stereocenters. The molecular formula is C16H17NO4. The van der Waals surface area contributed by atoms with Crippen molar-refractivity contribution in [2.24, 2.45) is 5.41 Å². The molecule has 0 N–H and O–H groups in total. The predicted molar refractivity (Wildman–Crippen MR) is 74.7 cm³/mol. The zero-order valence-corrected chi connectivity index (χ0v) is 12.5. The molecule has 0 aliphatic carbocycles. The van der Waals surface area contributed by atoms with Crippen molar-refractivity contribution < 1.29 is 19.1 Å². The van der Waals surface area contributed by atoms with Crippen LogP contribution >= 0.6 is 0 Å². The molecule has 3 aliphatic heterocycles. The molecular weight excluding hydrogens is 270 g/mol. The summed E-state index contributed by atoms with van der Waals surface area (Å²) < 4.78 is 12.0. The third kappa shape index (κ3) is 1.14. The second-order valence-electron chi connectivity index (χ2n) is 6.65. The smallest absolute Gasteiger partial charge is 0.267 e. The number of carbonyl (C=O) groups excluding carboxylic acids is 2. The third-order valence-corrected chi connectivity index (χ3v) is 5.35. The molecule has 1 aromatic carbocycles. The van der Waals surface area contributed by atoms with E-state index in [4.69, 9.17) is 9.47 Å². The van der Waals surface area contributed by atoms with Gasteiger partial charge in [0, 0.05) is 12.6 Å². The second-order valence-corrected chi connectivity index (χ2v) is 6.65. The standard InChI is InChI=1S/C16H17NO4/c1-14(2)11(18)12-16(21-15(14,3)20-12)9-7-5-6-8-10(9)17(4)13(16)19/h5-8,12H,1-4H3/t12-,15-,16-/m1/s1. The van der Waals surface area contributed by atoms with E-state index in [0.29, 0.717) is 0 Å². The Kier molecular flexibility index (Phi) is 2.08. The lowest BCUT2D eigenvalue weighted by Gasteiger charge is -2.40. The number of hydrogen-bond donors (Lipinski definition) is 0. The summed E-state index contributed by atoms with van der Waals surface area (Å²) in [6.07, 6.45) is -0.879. The van der Waals surface area contributed by atoms with Crippen molar-refractivity contribution >= 4 is 17.4 Å². The zero-order chi connectivity index (χ0) is 15.2. The van der Waals surface area contributed by atoms with Crippen LogP contribution in [0.1, 0.15) is 26.3 Å². The lowest BCUT2D eigenvalue weighted by molar-refractivity contribution is -0.222. The summed E-state index contributed by atoms with van der Waals surface area (Å²) in [4.78, 5) is 27.1. The number of ketones is 1. The molecule has 4 rings (SSSR count). The highest BCUT2D eigenvalue weighted by atomic mass is 16.8. The Bertz CT molecular complexity index is 697. The number of hydrogen-bond acceptors (Lipinski definition) is 4. The first-order valence-corrected chi connectivity index (χ1v) is 7.06. The predicted octanol–water partition coefficient (Wildman–Crippen LogP) is 1.60. The van der Waals surface area contributed by atoms with Crippen molar-refractivity contribution in [2.45, 2.75) is 38.3 Å². The minimum absolute atomic E-state index is 0.0743. The molecule has 2 saturated heterocycles. The zero-order valence-electron chi connectivity index (χ0n) is 12.5. The van der Waals surface area contributed by atoms with E-state index in [0.717, 1.165) is 11.3 Å². The van der Waals surface area contributed by atoms with Gasteiger partial charge in [-0.2, -0.15) is 0 Å². The number of rotatable bonds is 0. The number of fused-ring (bicyclic) bond motifs is 5. The van der Waals surface area contributed by atoms with Crippen LogP contribution in [-0.4, -0.2) is 30.6 Å². The molecule has 2 fully saturated rings. The molecule has 3 heterocycles. The van der Waals surface area contributed by atoms with Crippen LogP contribution in [0, 0.1) is 5.41 Å². The quantitative estimate of drug-likeness (QED) is 0.727. The van der Waals surface area contributed by atoms with E-state index < -0.39 is 22.9 Å². The lowest BCUT2D eigenvalue weighted by atomic mass is 9.73. The Morgan fingerprint density at radius 3 is 2.43 bits per heavy atom. The fourth-order valence-electron chi connectivity index (χ4n) is 3.66. The summed E-state index contributed by atoms with van der Waals surface area (Å²) in [5.41, 5.74) is -0.602. The first-order valence-electron chi connectivity index (χ1n) is 7.06. The molecule has 0 unspecified atom stereocenters. The number of ether oxygens (including phenoxy) is 2. The number of anilines is 1. The van der Waals surface area contributed by atoms with Crippen molar-refractivity contribution in [3.63, 3.8) is 0 Å². The third-order valence-electron chi connectivity index (χ3n) is 5.35. The first-order chi connectivity index (χ1) is 9.76. The van der Waals surface area contributed by atoms with Crippen LogP contribution < -0.4 is 4.90 Å². The van der Waals surface area contributed by atoms with Gasteiger partial charge in [0.05, 0.1) is 11.1 Å². The van der Waals surface area contributed by atoms with Gasteiger partial charge in [-0.1, -0.05) is 18.2 Å². The summed E-state index contributed by atoms with van der Waals surface area (Å²) in [7, 11) is 1.70. The second kappa shape index (κ2) is 3.36. The van der Waals surface area contributed by atoms with Crippen LogP contribution in [0.15, 0.2) is 24.3 Å². The molecule has 110 valence electrons. The molecule has 0 radical (unpaired) electrons. The summed E-state index contributed by atoms with van der Waals surface area (Å²) >= 11 is 0. The maximum atomic E-state index is 12.8. The van der Waals surface area contributed by atoms with Gasteiger partial charge < -0.3 is 14.4 Å². The van der Waals surface area contributed by atoms with Crippen LogP contribution in [0.4, 0.5) is 5.69 Å². The number of likely N-dealkylation sites (N-methyl/N-ethyl adjacent to an activating group) is 1. The van der Waals surface area contributed by atoms with E-state index in [9.17, 15) is 9.59 Å². The highest BCUT2D eigenvalue weighted by Gasteiger charge is 2.77. The van der Waals surface area contributed by atoms with Crippen molar-refractivity contribution in [1.29, 1.82) is 0 Å². The minimum atomic E-state index is -1.33. The Morgan fingerprint density at radius 1 is 1.14 bits per heavy atom. The van der Waals surface area contributed by atoms with Gasteiger partial charge in [-0.3, -0.25) is 9.59 Å². The fraction of sp³-hybridized carbons (Fsp3) is 0.500. The van der Waals surface area contributed by atoms with E-state index >= 15 is 0 Å². The molecule has 1 amide bonds. The van der Waals surface area contributed by atoms with E-state index in [-0.39, 0.29) is 11.7 Å². The van der Waals surface area contributed by atoms with Gasteiger partial charge in [-0.15, -0.1) is 0 Å². The van der Waals surface area contributed by atoms with Crippen molar-refractivity contribution in [3.8, 4) is 0 Å². The summed E-state index contributed by atoms with van der Waals surface area (Å²) in [5, 5.41) is 0. The maximum absolute atomic E-state index is 12.8. The lowest BCUT2D eigenvalue weighted by Crippen LogP contribution is -2.58. The van der Waals surface area contributed by atoms with E-state index in [1.807, 2.05) is 24.3 Å². The average molecular weight is 287 g/mol. The molecule has 0 aromatic heterocycles. The topological polar surface area (TPSA) is 55.8 Å². The van der Waals surface area contributed by atoms with E-state index in [2.05, 4.69) is 0 Å². The van der Waals surface area contributed by atoms with Gasteiger partial charge in [0.1, 0.15) is 0 Å². The molecule has 1 aromatic rings. The summed E-state index contributed by atoms with van der Waals surface area (Å²) in [6, 6.07) is 7.41. The van der Waals surface area contributed by atoms with Gasteiger partial charge >= 0.3 is 0 Å². The molecule has 5 nitrogen and oxygen atoms in total. The maximum Gasteiger partial charge on any atom is 0.267 e. The van der Waals surface area contributed by atoms with E-state index in [1.54, 1.807) is 32.7 Å². The fourth-order valence-corrected chi connectivity index (χ4v) is 3.66. The number of carbonyl (C=O) groups is 2. The van der Waals surface area contributed by atoms with Crippen LogP contribution in [0.25, 0.3) is 0 Å².